The molecule has 32 heavy (non-hydrogen) atoms. The van der Waals surface area contributed by atoms with Gasteiger partial charge in [0.2, 0.25) is 0 Å². The van der Waals surface area contributed by atoms with Crippen LogP contribution in [0.4, 0.5) is 4.39 Å². The summed E-state index contributed by atoms with van der Waals surface area (Å²) in [5.74, 6) is 1.34. The molecular formula is C25H27FN4O2. The van der Waals surface area contributed by atoms with E-state index >= 15 is 0 Å². The van der Waals surface area contributed by atoms with Gasteiger partial charge in [-0.15, -0.1) is 0 Å². The molecule has 3 aromatic rings. The fourth-order valence-electron chi connectivity index (χ4n) is 4.00. The summed E-state index contributed by atoms with van der Waals surface area (Å²) >= 11 is 0. The third kappa shape index (κ3) is 5.29. The number of ether oxygens (including phenoxy) is 1. The number of nitrogens with zero attached hydrogens (tertiary/aromatic N) is 3. The Balaban J connectivity index is 1.35. The molecule has 0 bridgehead atoms. The number of aromatic nitrogens is 2. The Morgan fingerprint density at radius 2 is 2.03 bits per heavy atom. The van der Waals surface area contributed by atoms with Crippen LogP contribution in [0.2, 0.25) is 0 Å². The topological polar surface area (TPSA) is 67.3 Å². The molecule has 0 aliphatic carbocycles. The summed E-state index contributed by atoms with van der Waals surface area (Å²) in [6, 6.07) is 14.2. The molecule has 2 aromatic carbocycles. The van der Waals surface area contributed by atoms with Crippen LogP contribution in [0.25, 0.3) is 0 Å². The minimum atomic E-state index is -0.218. The molecule has 0 radical (unpaired) electrons. The van der Waals surface area contributed by atoms with Gasteiger partial charge in [0, 0.05) is 31.7 Å². The van der Waals surface area contributed by atoms with Crippen LogP contribution < -0.4 is 10.1 Å². The third-order valence-corrected chi connectivity index (χ3v) is 5.79. The van der Waals surface area contributed by atoms with Gasteiger partial charge in [0.25, 0.3) is 5.91 Å². The Labute approximate surface area is 187 Å². The van der Waals surface area contributed by atoms with E-state index in [2.05, 4.69) is 20.2 Å². The first-order valence-electron chi connectivity index (χ1n) is 10.7. The average molecular weight is 435 g/mol. The normalized spacial score (nSPS) is 16.2. The molecule has 7 heteroatoms. The van der Waals surface area contributed by atoms with Crippen LogP contribution in [0.5, 0.6) is 5.75 Å². The lowest BCUT2D eigenvalue weighted by molar-refractivity contribution is 0.0949. The maximum Gasteiger partial charge on any atom is 0.254 e. The van der Waals surface area contributed by atoms with Crippen molar-refractivity contribution in [2.45, 2.75) is 32.4 Å². The van der Waals surface area contributed by atoms with Crippen molar-refractivity contribution in [3.05, 3.63) is 88.8 Å². The van der Waals surface area contributed by atoms with E-state index in [4.69, 9.17) is 4.74 Å². The van der Waals surface area contributed by atoms with Crippen molar-refractivity contribution in [2.75, 3.05) is 20.2 Å². The smallest absolute Gasteiger partial charge is 0.254 e. The summed E-state index contributed by atoms with van der Waals surface area (Å²) < 4.78 is 18.3. The maximum atomic E-state index is 13.1. The SMILES string of the molecule is COc1cccc(CNC(=O)c2cnc([C@@H]3CCN(Cc4ccc(F)cc4)C3)nc2C)c1. The van der Waals surface area contributed by atoms with E-state index in [0.717, 1.165) is 48.8 Å². The number of benzene rings is 2. The van der Waals surface area contributed by atoms with Gasteiger partial charge >= 0.3 is 0 Å². The second-order valence-electron chi connectivity index (χ2n) is 8.11. The van der Waals surface area contributed by atoms with Crippen molar-refractivity contribution < 1.29 is 13.9 Å². The van der Waals surface area contributed by atoms with Gasteiger partial charge in [0.15, 0.2) is 0 Å². The highest BCUT2D eigenvalue weighted by atomic mass is 19.1. The number of nitrogens with one attached hydrogen (secondary N) is 1. The van der Waals surface area contributed by atoms with E-state index in [1.807, 2.05) is 43.3 Å². The number of carbonyl (C=O) groups is 1. The molecule has 1 saturated heterocycles. The highest BCUT2D eigenvalue weighted by molar-refractivity contribution is 5.94. The van der Waals surface area contributed by atoms with E-state index in [-0.39, 0.29) is 17.6 Å². The van der Waals surface area contributed by atoms with E-state index in [0.29, 0.717) is 17.8 Å². The number of aryl methyl sites for hydroxylation is 1. The first-order chi connectivity index (χ1) is 15.5. The van der Waals surface area contributed by atoms with Gasteiger partial charge in [-0.3, -0.25) is 9.69 Å². The lowest BCUT2D eigenvalue weighted by atomic mass is 10.1. The third-order valence-electron chi connectivity index (χ3n) is 5.79. The Morgan fingerprint density at radius 3 is 2.78 bits per heavy atom. The van der Waals surface area contributed by atoms with Crippen LogP contribution in [-0.4, -0.2) is 41.0 Å². The fraction of sp³-hybridized carbons (Fsp3) is 0.320. The summed E-state index contributed by atoms with van der Waals surface area (Å²) in [5, 5.41) is 2.93. The van der Waals surface area contributed by atoms with Crippen molar-refractivity contribution in [1.82, 2.24) is 20.2 Å². The first kappa shape index (κ1) is 21.9. The number of hydrogen-bond donors (Lipinski definition) is 1. The molecule has 1 fully saturated rings. The summed E-state index contributed by atoms with van der Waals surface area (Å²) in [5.41, 5.74) is 3.21. The van der Waals surface area contributed by atoms with Crippen LogP contribution in [0.15, 0.2) is 54.7 Å². The van der Waals surface area contributed by atoms with Gasteiger partial charge in [0.1, 0.15) is 17.4 Å². The van der Waals surface area contributed by atoms with Crippen LogP contribution >= 0.6 is 0 Å². The van der Waals surface area contributed by atoms with Gasteiger partial charge in [-0.2, -0.15) is 0 Å². The molecule has 1 atom stereocenters. The number of methoxy groups -OCH3 is 1. The Hall–Kier alpha value is -3.32. The molecule has 4 rings (SSSR count). The number of carbonyl (C=O) groups excluding carboxylic acids is 1. The molecule has 1 aliphatic heterocycles. The second-order valence-corrected chi connectivity index (χ2v) is 8.11. The molecule has 6 nitrogen and oxygen atoms in total. The molecule has 1 amide bonds. The maximum absolute atomic E-state index is 13.1. The number of hydrogen-bond acceptors (Lipinski definition) is 5. The number of amides is 1. The van der Waals surface area contributed by atoms with Crippen molar-refractivity contribution in [3.63, 3.8) is 0 Å². The average Bonchev–Trinajstić information content (AvgIpc) is 3.27. The van der Waals surface area contributed by atoms with E-state index in [1.54, 1.807) is 13.3 Å². The molecule has 1 N–H and O–H groups in total. The van der Waals surface area contributed by atoms with Crippen LogP contribution in [0, 0.1) is 12.7 Å². The standard InChI is InChI=1S/C25H27FN4O2/c1-17-23(25(31)28-13-19-4-3-5-22(12-19)32-2)14-27-24(29-17)20-10-11-30(16-20)15-18-6-8-21(26)9-7-18/h3-9,12,14,20H,10-11,13,15-16H2,1-2H3,(H,28,31)/t20-/m1/s1. The predicted molar refractivity (Wildman–Crippen MR) is 120 cm³/mol. The molecule has 1 aromatic heterocycles. The lowest BCUT2D eigenvalue weighted by Crippen LogP contribution is -2.25. The van der Waals surface area contributed by atoms with Gasteiger partial charge in [-0.25, -0.2) is 14.4 Å². The molecule has 0 unspecified atom stereocenters. The Morgan fingerprint density at radius 1 is 1.22 bits per heavy atom. The van der Waals surface area contributed by atoms with Crippen LogP contribution in [0.3, 0.4) is 0 Å². The summed E-state index contributed by atoms with van der Waals surface area (Å²) in [7, 11) is 1.62. The van der Waals surface area contributed by atoms with Gasteiger partial charge < -0.3 is 10.1 Å². The Bertz CT molecular complexity index is 1090. The predicted octanol–water partition coefficient (Wildman–Crippen LogP) is 3.85. The second kappa shape index (κ2) is 9.87. The van der Waals surface area contributed by atoms with Crippen LogP contribution in [-0.2, 0) is 13.1 Å². The highest BCUT2D eigenvalue weighted by Gasteiger charge is 2.26. The zero-order valence-corrected chi connectivity index (χ0v) is 18.3. The molecule has 2 heterocycles. The quantitative estimate of drug-likeness (QED) is 0.612. The zero-order valence-electron chi connectivity index (χ0n) is 18.3. The molecule has 166 valence electrons. The summed E-state index contributed by atoms with van der Waals surface area (Å²) in [4.78, 5) is 24.1. The number of likely N-dealkylation sites (tertiary alicyclic amines) is 1. The van der Waals surface area contributed by atoms with Crippen molar-refractivity contribution >= 4 is 5.91 Å². The largest absolute Gasteiger partial charge is 0.497 e. The lowest BCUT2D eigenvalue weighted by Gasteiger charge is -2.16. The summed E-state index contributed by atoms with van der Waals surface area (Å²) in [6.45, 7) is 4.81. The monoisotopic (exact) mass is 434 g/mol. The van der Waals surface area contributed by atoms with Crippen molar-refractivity contribution in [2.24, 2.45) is 0 Å². The van der Waals surface area contributed by atoms with E-state index in [1.165, 1.54) is 12.1 Å². The molecule has 0 saturated carbocycles. The van der Waals surface area contributed by atoms with Gasteiger partial charge in [0.05, 0.1) is 18.4 Å². The van der Waals surface area contributed by atoms with E-state index < -0.39 is 0 Å². The molecular weight excluding hydrogens is 407 g/mol. The molecule has 0 spiro atoms. The van der Waals surface area contributed by atoms with Crippen LogP contribution in [0.1, 0.15) is 45.3 Å². The fourth-order valence-corrected chi connectivity index (χ4v) is 4.00. The number of halogens is 1. The Kier molecular flexibility index (Phi) is 6.75. The minimum absolute atomic E-state index is 0.193. The van der Waals surface area contributed by atoms with Crippen molar-refractivity contribution in [1.29, 1.82) is 0 Å². The van der Waals surface area contributed by atoms with Crippen molar-refractivity contribution in [3.8, 4) is 5.75 Å². The molecule has 1 aliphatic rings. The number of rotatable bonds is 7. The highest BCUT2D eigenvalue weighted by Crippen LogP contribution is 2.26. The van der Waals surface area contributed by atoms with Gasteiger partial charge in [-0.1, -0.05) is 24.3 Å². The van der Waals surface area contributed by atoms with Gasteiger partial charge in [-0.05, 0) is 55.3 Å². The summed E-state index contributed by atoms with van der Waals surface area (Å²) in [6.07, 6.45) is 2.59. The van der Waals surface area contributed by atoms with E-state index in [9.17, 15) is 9.18 Å². The zero-order chi connectivity index (χ0) is 22.5. The first-order valence-corrected chi connectivity index (χ1v) is 10.7. The minimum Gasteiger partial charge on any atom is -0.497 e.